The summed E-state index contributed by atoms with van der Waals surface area (Å²) in [7, 11) is 1.77. The normalized spacial score (nSPS) is 12.3. The van der Waals surface area contributed by atoms with Crippen molar-refractivity contribution >= 4 is 63.7 Å². The lowest BCUT2D eigenvalue weighted by atomic mass is 9.78. The van der Waals surface area contributed by atoms with E-state index in [1.165, 1.54) is 5.56 Å². The van der Waals surface area contributed by atoms with Gasteiger partial charge in [0, 0.05) is 25.0 Å². The first kappa shape index (κ1) is 23.2. The predicted octanol–water partition coefficient (Wildman–Crippen LogP) is 8.97. The van der Waals surface area contributed by atoms with Crippen molar-refractivity contribution in [3.05, 3.63) is 101 Å². The zero-order valence-electron chi connectivity index (χ0n) is 16.7. The third kappa shape index (κ3) is 4.90. The van der Waals surface area contributed by atoms with Crippen LogP contribution in [-0.2, 0) is 15.8 Å². The lowest BCUT2D eigenvalue weighted by Crippen LogP contribution is -2.32. The van der Waals surface area contributed by atoms with Gasteiger partial charge in [-0.3, -0.25) is 0 Å². The monoisotopic (exact) mass is 642 g/mol. The molecule has 1 nitrogen and oxygen atoms in total. The van der Waals surface area contributed by atoms with Gasteiger partial charge >= 0.3 is 0 Å². The van der Waals surface area contributed by atoms with Crippen molar-refractivity contribution in [3.63, 3.8) is 0 Å². The fourth-order valence-electron chi connectivity index (χ4n) is 3.57. The molecule has 0 heterocycles. The maximum atomic E-state index is 6.36. The number of hydrogen-bond donors (Lipinski definition) is 0. The minimum Gasteiger partial charge on any atom is -0.364 e. The highest BCUT2D eigenvalue weighted by Crippen LogP contribution is 2.44. The summed E-state index contributed by atoms with van der Waals surface area (Å²) in [5.41, 5.74) is 3.76. The van der Waals surface area contributed by atoms with Crippen LogP contribution in [0.4, 0.5) is 0 Å². The van der Waals surface area contributed by atoms with Crippen LogP contribution in [0.1, 0.15) is 43.0 Å². The molecule has 0 unspecified atom stereocenters. The van der Waals surface area contributed by atoms with E-state index in [1.54, 1.807) is 7.11 Å². The average molecular weight is 646 g/mol. The first-order chi connectivity index (χ1) is 13.6. The second-order valence-corrected chi connectivity index (χ2v) is 11.7. The Morgan fingerprint density at radius 2 is 0.897 bits per heavy atom. The summed E-state index contributed by atoms with van der Waals surface area (Å²) in [6.45, 7) is 6.67. The van der Waals surface area contributed by atoms with Gasteiger partial charge in [0.1, 0.15) is 5.60 Å². The Balaban J connectivity index is 2.34. The molecule has 3 aromatic carbocycles. The molecule has 0 aliphatic heterocycles. The van der Waals surface area contributed by atoms with Gasteiger partial charge in [-0.2, -0.15) is 0 Å². The van der Waals surface area contributed by atoms with Crippen molar-refractivity contribution in [3.8, 4) is 0 Å². The number of benzene rings is 3. The Kier molecular flexibility index (Phi) is 7.17. The van der Waals surface area contributed by atoms with Crippen LogP contribution >= 0.6 is 63.7 Å². The van der Waals surface area contributed by atoms with Crippen molar-refractivity contribution in [1.29, 1.82) is 0 Å². The molecule has 0 N–H and O–H groups in total. The van der Waals surface area contributed by atoms with Crippen LogP contribution in [0.15, 0.2) is 78.6 Å². The number of ether oxygens (including phenoxy) is 1. The first-order valence-corrected chi connectivity index (χ1v) is 12.3. The molecule has 0 radical (unpaired) electrons. The van der Waals surface area contributed by atoms with Gasteiger partial charge in [-0.05, 0) is 64.1 Å². The maximum absolute atomic E-state index is 6.36. The average Bonchev–Trinajstić information content (AvgIpc) is 2.61. The molecular weight excluding hydrogens is 624 g/mol. The first-order valence-electron chi connectivity index (χ1n) is 9.15. The minimum atomic E-state index is -0.769. The van der Waals surface area contributed by atoms with Crippen molar-refractivity contribution in [2.75, 3.05) is 7.11 Å². The van der Waals surface area contributed by atoms with Crippen molar-refractivity contribution in [2.24, 2.45) is 0 Å². The second-order valence-electron chi connectivity index (χ2n) is 8.03. The third-order valence-corrected chi connectivity index (χ3v) is 6.83. The molecule has 0 atom stereocenters. The quantitative estimate of drug-likeness (QED) is 0.258. The van der Waals surface area contributed by atoms with E-state index in [1.807, 2.05) is 12.1 Å². The van der Waals surface area contributed by atoms with E-state index < -0.39 is 5.60 Å². The fourth-order valence-corrected chi connectivity index (χ4v) is 6.16. The molecule has 0 aromatic heterocycles. The lowest BCUT2D eigenvalue weighted by molar-refractivity contribution is 0.0583. The standard InChI is InChI=1S/C24H22Br4O/c1-23(2,3)15-5-7-16(8-6-15)24(29-4,17-9-19(25)13-20(26)10-17)18-11-21(27)14-22(28)12-18/h5-14H,1-4H3. The third-order valence-electron chi connectivity index (χ3n) is 5.00. The van der Waals surface area contributed by atoms with Crippen LogP contribution in [0.3, 0.4) is 0 Å². The van der Waals surface area contributed by atoms with E-state index in [0.29, 0.717) is 0 Å². The van der Waals surface area contributed by atoms with Gasteiger partial charge in [0.25, 0.3) is 0 Å². The van der Waals surface area contributed by atoms with Crippen LogP contribution in [0, 0.1) is 0 Å². The molecule has 0 saturated heterocycles. The highest BCUT2D eigenvalue weighted by Gasteiger charge is 2.37. The summed E-state index contributed by atoms with van der Waals surface area (Å²) in [5, 5.41) is 0. The molecule has 0 spiro atoms. The summed E-state index contributed by atoms with van der Waals surface area (Å²) < 4.78 is 10.3. The summed E-state index contributed by atoms with van der Waals surface area (Å²) in [6, 6.07) is 21.3. The van der Waals surface area contributed by atoms with E-state index in [9.17, 15) is 0 Å². The van der Waals surface area contributed by atoms with E-state index in [0.717, 1.165) is 34.6 Å². The predicted molar refractivity (Wildman–Crippen MR) is 136 cm³/mol. The molecule has 3 rings (SSSR count). The Morgan fingerprint density at radius 3 is 1.21 bits per heavy atom. The smallest absolute Gasteiger partial charge is 0.143 e. The van der Waals surface area contributed by atoms with E-state index in [2.05, 4.69) is 133 Å². The Hall–Kier alpha value is -0.460. The maximum Gasteiger partial charge on any atom is 0.143 e. The summed E-state index contributed by atoms with van der Waals surface area (Å²) >= 11 is 14.6. The molecule has 3 aromatic rings. The zero-order chi connectivity index (χ0) is 21.4. The molecule has 0 fully saturated rings. The summed E-state index contributed by atoms with van der Waals surface area (Å²) in [4.78, 5) is 0. The van der Waals surface area contributed by atoms with E-state index in [4.69, 9.17) is 4.74 Å². The van der Waals surface area contributed by atoms with Gasteiger partial charge in [-0.15, -0.1) is 0 Å². The Morgan fingerprint density at radius 1 is 0.552 bits per heavy atom. The number of methoxy groups -OCH3 is 1. The minimum absolute atomic E-state index is 0.0892. The van der Waals surface area contributed by atoms with Crippen LogP contribution < -0.4 is 0 Å². The highest BCUT2D eigenvalue weighted by molar-refractivity contribution is 9.11. The van der Waals surface area contributed by atoms with Crippen LogP contribution in [0.5, 0.6) is 0 Å². The molecule has 0 aliphatic rings. The van der Waals surface area contributed by atoms with Gasteiger partial charge in [0.05, 0.1) is 0 Å². The summed E-state index contributed by atoms with van der Waals surface area (Å²) in [6.07, 6.45) is 0. The molecule has 5 heteroatoms. The van der Waals surface area contributed by atoms with Crippen LogP contribution in [0.2, 0.25) is 0 Å². The number of hydrogen-bond acceptors (Lipinski definition) is 1. The molecule has 0 aliphatic carbocycles. The van der Waals surface area contributed by atoms with Crippen LogP contribution in [0.25, 0.3) is 0 Å². The molecule has 0 bridgehead atoms. The van der Waals surface area contributed by atoms with Gasteiger partial charge in [-0.1, -0.05) is 109 Å². The summed E-state index contributed by atoms with van der Waals surface area (Å²) in [5.74, 6) is 0. The molecule has 29 heavy (non-hydrogen) atoms. The SMILES string of the molecule is COC(c1ccc(C(C)(C)C)cc1)(c1cc(Br)cc(Br)c1)c1cc(Br)cc(Br)c1. The lowest BCUT2D eigenvalue weighted by Gasteiger charge is -2.35. The fraction of sp³-hybridized carbons (Fsp3) is 0.250. The van der Waals surface area contributed by atoms with Gasteiger partial charge in [0.2, 0.25) is 0 Å². The van der Waals surface area contributed by atoms with Crippen molar-refractivity contribution < 1.29 is 4.74 Å². The van der Waals surface area contributed by atoms with Crippen molar-refractivity contribution in [2.45, 2.75) is 31.8 Å². The molecule has 0 amide bonds. The van der Waals surface area contributed by atoms with Crippen molar-refractivity contribution in [1.82, 2.24) is 0 Å². The zero-order valence-corrected chi connectivity index (χ0v) is 23.0. The number of rotatable bonds is 4. The number of halogens is 4. The van der Waals surface area contributed by atoms with Gasteiger partial charge in [0.15, 0.2) is 0 Å². The van der Waals surface area contributed by atoms with Gasteiger partial charge in [-0.25, -0.2) is 0 Å². The van der Waals surface area contributed by atoms with E-state index in [-0.39, 0.29) is 5.41 Å². The molecular formula is C24H22Br4O. The molecule has 152 valence electrons. The second kappa shape index (κ2) is 8.96. The van der Waals surface area contributed by atoms with Crippen LogP contribution in [-0.4, -0.2) is 7.11 Å². The topological polar surface area (TPSA) is 9.23 Å². The Labute approximate surface area is 206 Å². The van der Waals surface area contributed by atoms with Gasteiger partial charge < -0.3 is 4.74 Å². The largest absolute Gasteiger partial charge is 0.364 e. The van der Waals surface area contributed by atoms with E-state index >= 15 is 0 Å². The molecule has 0 saturated carbocycles. The Bertz CT molecular complexity index is 928. The highest BCUT2D eigenvalue weighted by atomic mass is 79.9.